The van der Waals surface area contributed by atoms with Gasteiger partial charge >= 0.3 is 11.9 Å². The highest BCUT2D eigenvalue weighted by Crippen LogP contribution is 2.31. The Morgan fingerprint density at radius 2 is 2.12 bits per heavy atom. The molecule has 126 valence electrons. The van der Waals surface area contributed by atoms with Crippen LogP contribution in [-0.2, 0) is 4.79 Å². The van der Waals surface area contributed by atoms with Crippen molar-refractivity contribution in [2.75, 3.05) is 7.11 Å². The first-order valence-corrected chi connectivity index (χ1v) is 6.96. The van der Waals surface area contributed by atoms with E-state index in [1.54, 1.807) is 24.3 Å². The van der Waals surface area contributed by atoms with Gasteiger partial charge in [-0.05, 0) is 31.2 Å². The summed E-state index contributed by atoms with van der Waals surface area (Å²) in [6.45, 7) is 1.40. The Morgan fingerprint density at radius 1 is 1.33 bits per heavy atom. The maximum atomic E-state index is 11.7. The standard InChI is InChI=1S/C16H16N2O6/c1-10(16(20)21)24-14-11(5-3-6-12(14)22-2)9-17-18-15(19)13-7-4-8-23-13/h3-10H,1-2H3,(H,18,19)(H,20,21)/b17-9+/t10-/m1/s1. The summed E-state index contributed by atoms with van der Waals surface area (Å²) in [6.07, 6.45) is 1.62. The van der Waals surface area contributed by atoms with E-state index in [2.05, 4.69) is 10.5 Å². The number of benzene rings is 1. The zero-order valence-electron chi connectivity index (χ0n) is 13.1. The smallest absolute Gasteiger partial charge is 0.344 e. The lowest BCUT2D eigenvalue weighted by atomic mass is 10.2. The molecule has 2 rings (SSSR count). The summed E-state index contributed by atoms with van der Waals surface area (Å²) in [4.78, 5) is 22.7. The molecule has 24 heavy (non-hydrogen) atoms. The van der Waals surface area contributed by atoms with E-state index < -0.39 is 18.0 Å². The van der Waals surface area contributed by atoms with Crippen molar-refractivity contribution < 1.29 is 28.6 Å². The fourth-order valence-electron chi connectivity index (χ4n) is 1.77. The van der Waals surface area contributed by atoms with Gasteiger partial charge in [0.15, 0.2) is 23.4 Å². The van der Waals surface area contributed by atoms with E-state index in [-0.39, 0.29) is 11.5 Å². The van der Waals surface area contributed by atoms with Crippen LogP contribution in [-0.4, -0.2) is 36.4 Å². The van der Waals surface area contributed by atoms with Gasteiger partial charge in [0.2, 0.25) is 0 Å². The summed E-state index contributed by atoms with van der Waals surface area (Å²) >= 11 is 0. The molecule has 0 aliphatic rings. The van der Waals surface area contributed by atoms with Gasteiger partial charge in [-0.3, -0.25) is 4.79 Å². The number of carboxylic acids is 1. The molecule has 1 amide bonds. The minimum atomic E-state index is -1.12. The summed E-state index contributed by atoms with van der Waals surface area (Å²) in [6, 6.07) is 8.05. The van der Waals surface area contributed by atoms with Crippen molar-refractivity contribution in [3.8, 4) is 11.5 Å². The van der Waals surface area contributed by atoms with Crippen LogP contribution < -0.4 is 14.9 Å². The Labute approximate surface area is 137 Å². The maximum absolute atomic E-state index is 11.7. The molecule has 1 aromatic carbocycles. The average Bonchev–Trinajstić information content (AvgIpc) is 3.10. The molecule has 0 fully saturated rings. The lowest BCUT2D eigenvalue weighted by molar-refractivity contribution is -0.144. The molecular formula is C16H16N2O6. The van der Waals surface area contributed by atoms with Gasteiger partial charge in [0, 0.05) is 5.56 Å². The number of nitrogens with one attached hydrogen (secondary N) is 1. The number of amides is 1. The zero-order chi connectivity index (χ0) is 17.5. The minimum Gasteiger partial charge on any atom is -0.493 e. The van der Waals surface area contributed by atoms with Gasteiger partial charge in [-0.15, -0.1) is 0 Å². The molecule has 0 bridgehead atoms. The van der Waals surface area contributed by atoms with E-state index in [1.165, 1.54) is 32.6 Å². The van der Waals surface area contributed by atoms with E-state index in [0.29, 0.717) is 11.3 Å². The summed E-state index contributed by atoms with van der Waals surface area (Å²) < 4.78 is 15.5. The zero-order valence-corrected chi connectivity index (χ0v) is 13.1. The van der Waals surface area contributed by atoms with Gasteiger partial charge in [0.1, 0.15) is 0 Å². The van der Waals surface area contributed by atoms with Gasteiger partial charge in [-0.1, -0.05) is 6.07 Å². The van der Waals surface area contributed by atoms with Crippen LogP contribution in [0.1, 0.15) is 23.0 Å². The van der Waals surface area contributed by atoms with Gasteiger partial charge in [-0.25, -0.2) is 10.2 Å². The van der Waals surface area contributed by atoms with Crippen molar-refractivity contribution in [3.05, 3.63) is 47.9 Å². The van der Waals surface area contributed by atoms with Gasteiger partial charge in [0.05, 0.1) is 19.6 Å². The molecule has 8 heteroatoms. The van der Waals surface area contributed by atoms with E-state index in [1.807, 2.05) is 0 Å². The van der Waals surface area contributed by atoms with Crippen molar-refractivity contribution in [2.24, 2.45) is 5.10 Å². The predicted octanol–water partition coefficient (Wildman–Crippen LogP) is 1.90. The second-order valence-electron chi connectivity index (χ2n) is 4.65. The molecule has 0 radical (unpaired) electrons. The first-order chi connectivity index (χ1) is 11.5. The number of furan rings is 1. The summed E-state index contributed by atoms with van der Waals surface area (Å²) in [5.74, 6) is -0.945. The molecule has 1 heterocycles. The maximum Gasteiger partial charge on any atom is 0.344 e. The number of hydrogen-bond donors (Lipinski definition) is 2. The second kappa shape index (κ2) is 7.82. The molecule has 0 saturated heterocycles. The molecule has 0 aliphatic carbocycles. The van der Waals surface area contributed by atoms with Crippen LogP contribution in [0, 0.1) is 0 Å². The van der Waals surface area contributed by atoms with Crippen LogP contribution >= 0.6 is 0 Å². The van der Waals surface area contributed by atoms with Gasteiger partial charge < -0.3 is 19.0 Å². The highest BCUT2D eigenvalue weighted by Gasteiger charge is 2.18. The predicted molar refractivity (Wildman–Crippen MR) is 84.5 cm³/mol. The molecule has 1 atom stereocenters. The molecule has 1 aromatic heterocycles. The summed E-state index contributed by atoms with van der Waals surface area (Å²) in [5.41, 5.74) is 2.74. The van der Waals surface area contributed by atoms with Gasteiger partial charge in [0.25, 0.3) is 0 Å². The number of carbonyl (C=O) groups excluding carboxylic acids is 1. The fraction of sp³-hybridized carbons (Fsp3) is 0.188. The SMILES string of the molecule is COc1cccc(/C=N/NC(=O)c2ccco2)c1O[C@H](C)C(=O)O. The number of hydrazone groups is 1. The molecule has 2 aromatic rings. The number of hydrogen-bond acceptors (Lipinski definition) is 6. The van der Waals surface area contributed by atoms with Crippen molar-refractivity contribution in [3.63, 3.8) is 0 Å². The van der Waals surface area contributed by atoms with E-state index >= 15 is 0 Å². The number of methoxy groups -OCH3 is 1. The third-order valence-corrected chi connectivity index (χ3v) is 2.99. The Balaban J connectivity index is 2.18. The molecule has 0 saturated carbocycles. The molecule has 8 nitrogen and oxygen atoms in total. The highest BCUT2D eigenvalue weighted by atomic mass is 16.5. The Morgan fingerprint density at radius 3 is 2.75 bits per heavy atom. The number of nitrogens with zero attached hydrogens (tertiary/aromatic N) is 1. The van der Waals surface area contributed by atoms with Gasteiger partial charge in [-0.2, -0.15) is 5.10 Å². The Bertz CT molecular complexity index is 739. The quantitative estimate of drug-likeness (QED) is 0.592. The van der Waals surface area contributed by atoms with Crippen LogP contribution in [0.3, 0.4) is 0 Å². The number of para-hydroxylation sites is 1. The molecular weight excluding hydrogens is 316 g/mol. The number of rotatable bonds is 7. The van der Waals surface area contributed by atoms with Crippen LogP contribution in [0.25, 0.3) is 0 Å². The topological polar surface area (TPSA) is 110 Å². The Kier molecular flexibility index (Phi) is 5.56. The number of carbonyl (C=O) groups is 2. The fourth-order valence-corrected chi connectivity index (χ4v) is 1.77. The lowest BCUT2D eigenvalue weighted by Gasteiger charge is -2.15. The van der Waals surface area contributed by atoms with Crippen LogP contribution in [0.5, 0.6) is 11.5 Å². The number of carboxylic acid groups (broad SMARTS) is 1. The third kappa shape index (κ3) is 4.13. The lowest BCUT2D eigenvalue weighted by Crippen LogP contribution is -2.23. The summed E-state index contributed by atoms with van der Waals surface area (Å²) in [7, 11) is 1.44. The monoisotopic (exact) mass is 332 g/mol. The van der Waals surface area contributed by atoms with E-state index in [4.69, 9.17) is 19.0 Å². The van der Waals surface area contributed by atoms with Crippen molar-refractivity contribution in [1.82, 2.24) is 5.43 Å². The third-order valence-electron chi connectivity index (χ3n) is 2.99. The normalized spacial score (nSPS) is 11.9. The Hall–Kier alpha value is -3.29. The van der Waals surface area contributed by atoms with Crippen LogP contribution in [0.4, 0.5) is 0 Å². The van der Waals surface area contributed by atoms with Crippen molar-refractivity contribution in [1.29, 1.82) is 0 Å². The van der Waals surface area contributed by atoms with Crippen LogP contribution in [0.15, 0.2) is 46.1 Å². The largest absolute Gasteiger partial charge is 0.493 e. The molecule has 2 N–H and O–H groups in total. The first-order valence-electron chi connectivity index (χ1n) is 6.96. The average molecular weight is 332 g/mol. The molecule has 0 unspecified atom stereocenters. The van der Waals surface area contributed by atoms with E-state index in [9.17, 15) is 9.59 Å². The summed E-state index contributed by atoms with van der Waals surface area (Å²) in [5, 5.41) is 12.8. The number of aliphatic carboxylic acids is 1. The molecule has 0 aliphatic heterocycles. The molecule has 0 spiro atoms. The minimum absolute atomic E-state index is 0.119. The highest BCUT2D eigenvalue weighted by molar-refractivity contribution is 5.93. The van der Waals surface area contributed by atoms with E-state index in [0.717, 1.165) is 0 Å². The first kappa shape index (κ1) is 17.1. The number of ether oxygens (including phenoxy) is 2. The van der Waals surface area contributed by atoms with Crippen molar-refractivity contribution >= 4 is 18.1 Å². The van der Waals surface area contributed by atoms with Crippen LogP contribution in [0.2, 0.25) is 0 Å². The van der Waals surface area contributed by atoms with Crippen molar-refractivity contribution in [2.45, 2.75) is 13.0 Å². The second-order valence-corrected chi connectivity index (χ2v) is 4.65.